The molecule has 2 aromatic rings. The van der Waals surface area contributed by atoms with Crippen molar-refractivity contribution in [3.8, 4) is 5.75 Å². The van der Waals surface area contributed by atoms with Gasteiger partial charge in [0.2, 0.25) is 0 Å². The minimum atomic E-state index is -1.46. The van der Waals surface area contributed by atoms with E-state index in [-0.39, 0.29) is 17.1 Å². The number of carbonyl (C=O) groups is 1. The number of Topliss-reactive ketones (excluding diaryl/α,β-unsaturated/α-hetero) is 1. The van der Waals surface area contributed by atoms with Crippen LogP contribution < -0.4 is 4.74 Å². The Bertz CT molecular complexity index is 638. The number of carbonyl (C=O) groups excluding carboxylic acids is 1. The van der Waals surface area contributed by atoms with Gasteiger partial charge in [-0.25, -0.2) is 4.39 Å². The van der Waals surface area contributed by atoms with Crippen LogP contribution in [0.4, 0.5) is 4.39 Å². The van der Waals surface area contributed by atoms with Crippen molar-refractivity contribution in [2.45, 2.75) is 4.90 Å². The molecule has 2 rings (SSSR count). The zero-order valence-corrected chi connectivity index (χ0v) is 11.7. The number of ether oxygens (including phenoxy) is 1. The maximum atomic E-state index is 13.0. The molecule has 0 bridgehead atoms. The normalized spacial score (nSPS) is 11.9. The highest BCUT2D eigenvalue weighted by Crippen LogP contribution is 2.15. The molecule has 1 unspecified atom stereocenters. The molecule has 0 heterocycles. The van der Waals surface area contributed by atoms with E-state index in [1.807, 2.05) is 0 Å². The predicted molar refractivity (Wildman–Crippen MR) is 75.0 cm³/mol. The van der Waals surface area contributed by atoms with E-state index in [2.05, 4.69) is 0 Å². The lowest BCUT2D eigenvalue weighted by Crippen LogP contribution is -2.11. The average Bonchev–Trinajstić information content (AvgIpc) is 2.47. The maximum Gasteiger partial charge on any atom is 0.175 e. The summed E-state index contributed by atoms with van der Waals surface area (Å²) in [7, 11) is 0.0827. The van der Waals surface area contributed by atoms with Gasteiger partial charge in [0, 0.05) is 10.5 Å². The first-order chi connectivity index (χ1) is 9.60. The largest absolute Gasteiger partial charge is 0.497 e. The van der Waals surface area contributed by atoms with Crippen LogP contribution in [0.15, 0.2) is 53.4 Å². The topological polar surface area (TPSA) is 43.4 Å². The van der Waals surface area contributed by atoms with Gasteiger partial charge in [0.05, 0.1) is 23.7 Å². The van der Waals surface area contributed by atoms with E-state index in [1.165, 1.54) is 18.2 Å². The predicted octanol–water partition coefficient (Wildman–Crippen LogP) is 2.82. The van der Waals surface area contributed by atoms with Crippen molar-refractivity contribution < 1.29 is 18.1 Å². The van der Waals surface area contributed by atoms with Gasteiger partial charge in [-0.1, -0.05) is 12.1 Å². The number of methoxy groups -OCH3 is 1. The van der Waals surface area contributed by atoms with Crippen molar-refractivity contribution in [3.63, 3.8) is 0 Å². The molecule has 1 atom stereocenters. The summed E-state index contributed by atoms with van der Waals surface area (Å²) in [6, 6.07) is 12.0. The van der Waals surface area contributed by atoms with Crippen LogP contribution in [0.1, 0.15) is 10.4 Å². The molecule has 104 valence electrons. The van der Waals surface area contributed by atoms with Crippen molar-refractivity contribution in [1.29, 1.82) is 0 Å². The second-order valence-electron chi connectivity index (χ2n) is 4.10. The van der Waals surface area contributed by atoms with Crippen LogP contribution >= 0.6 is 0 Å². The monoisotopic (exact) mass is 292 g/mol. The number of halogens is 1. The summed E-state index contributed by atoms with van der Waals surface area (Å²) >= 11 is 0. The number of hydrogen-bond donors (Lipinski definition) is 0. The van der Waals surface area contributed by atoms with Crippen LogP contribution in [0.3, 0.4) is 0 Å². The van der Waals surface area contributed by atoms with Crippen LogP contribution in [0.2, 0.25) is 0 Å². The van der Waals surface area contributed by atoms with Crippen molar-refractivity contribution in [2.75, 3.05) is 12.9 Å². The summed E-state index contributed by atoms with van der Waals surface area (Å²) in [6.45, 7) is 0. The van der Waals surface area contributed by atoms with Crippen LogP contribution in [-0.2, 0) is 10.8 Å². The smallest absolute Gasteiger partial charge is 0.175 e. The number of hydrogen-bond acceptors (Lipinski definition) is 3. The second-order valence-corrected chi connectivity index (χ2v) is 5.55. The van der Waals surface area contributed by atoms with E-state index in [0.717, 1.165) is 6.07 Å². The van der Waals surface area contributed by atoms with E-state index in [1.54, 1.807) is 31.4 Å². The first-order valence-corrected chi connectivity index (χ1v) is 7.23. The highest BCUT2D eigenvalue weighted by Gasteiger charge is 2.13. The lowest BCUT2D eigenvalue weighted by atomic mass is 10.1. The Balaban J connectivity index is 2.08. The van der Waals surface area contributed by atoms with Crippen molar-refractivity contribution >= 4 is 16.6 Å². The summed E-state index contributed by atoms with van der Waals surface area (Å²) in [5, 5.41) is 0. The Kier molecular flexibility index (Phi) is 4.63. The van der Waals surface area contributed by atoms with Gasteiger partial charge in [-0.05, 0) is 36.4 Å². The molecule has 0 aromatic heterocycles. The van der Waals surface area contributed by atoms with Gasteiger partial charge in [0.25, 0.3) is 0 Å². The van der Waals surface area contributed by atoms with Crippen LogP contribution in [0.5, 0.6) is 5.75 Å². The highest BCUT2D eigenvalue weighted by molar-refractivity contribution is 7.85. The third kappa shape index (κ3) is 3.51. The zero-order valence-electron chi connectivity index (χ0n) is 10.8. The first kappa shape index (κ1) is 14.4. The lowest BCUT2D eigenvalue weighted by Gasteiger charge is -2.04. The summed E-state index contributed by atoms with van der Waals surface area (Å²) in [4.78, 5) is 12.5. The van der Waals surface area contributed by atoms with Crippen molar-refractivity contribution in [1.82, 2.24) is 0 Å². The van der Waals surface area contributed by atoms with E-state index >= 15 is 0 Å². The van der Waals surface area contributed by atoms with Gasteiger partial charge < -0.3 is 4.74 Å². The van der Waals surface area contributed by atoms with Gasteiger partial charge in [0.1, 0.15) is 11.6 Å². The Labute approximate surface area is 118 Å². The molecule has 0 saturated heterocycles. The Morgan fingerprint density at radius 1 is 1.20 bits per heavy atom. The summed E-state index contributed by atoms with van der Waals surface area (Å²) in [5.74, 6) is -0.345. The zero-order chi connectivity index (χ0) is 14.5. The Hall–Kier alpha value is -2.01. The summed E-state index contributed by atoms with van der Waals surface area (Å²) < 4.78 is 30.1. The standard InChI is InChI=1S/C15H13FO3S/c1-19-13-5-7-14(8-6-13)20(18)10-15(17)11-3-2-4-12(16)9-11/h2-9H,10H2,1H3. The minimum Gasteiger partial charge on any atom is -0.497 e. The Morgan fingerprint density at radius 3 is 2.50 bits per heavy atom. The SMILES string of the molecule is COc1ccc(S(=O)CC(=O)c2cccc(F)c2)cc1. The molecule has 0 N–H and O–H groups in total. The molecule has 0 spiro atoms. The fourth-order valence-corrected chi connectivity index (χ4v) is 2.69. The molecule has 3 nitrogen and oxygen atoms in total. The molecule has 0 aliphatic carbocycles. The molecule has 0 radical (unpaired) electrons. The minimum absolute atomic E-state index is 0.171. The van der Waals surface area contributed by atoms with E-state index in [0.29, 0.717) is 10.6 Å². The fourth-order valence-electron chi connectivity index (χ4n) is 1.68. The summed E-state index contributed by atoms with van der Waals surface area (Å²) in [6.07, 6.45) is 0. The third-order valence-electron chi connectivity index (χ3n) is 2.73. The third-order valence-corrected chi connectivity index (χ3v) is 4.05. The molecule has 0 aliphatic heterocycles. The molecular formula is C15H13FO3S. The van der Waals surface area contributed by atoms with Gasteiger partial charge in [-0.15, -0.1) is 0 Å². The lowest BCUT2D eigenvalue weighted by molar-refractivity contribution is 0.102. The molecule has 0 saturated carbocycles. The van der Waals surface area contributed by atoms with Crippen LogP contribution in [-0.4, -0.2) is 22.9 Å². The van der Waals surface area contributed by atoms with Gasteiger partial charge in [0.15, 0.2) is 5.78 Å². The second kappa shape index (κ2) is 6.43. The molecule has 0 amide bonds. The Morgan fingerprint density at radius 2 is 1.90 bits per heavy atom. The van der Waals surface area contributed by atoms with Crippen LogP contribution in [0.25, 0.3) is 0 Å². The molecule has 0 fully saturated rings. The molecule has 0 aliphatic rings. The molecular weight excluding hydrogens is 279 g/mol. The fraction of sp³-hybridized carbons (Fsp3) is 0.133. The molecule has 2 aromatic carbocycles. The average molecular weight is 292 g/mol. The van der Waals surface area contributed by atoms with Crippen LogP contribution in [0, 0.1) is 5.82 Å². The first-order valence-electron chi connectivity index (χ1n) is 5.91. The number of rotatable bonds is 5. The quantitative estimate of drug-likeness (QED) is 0.796. The maximum absolute atomic E-state index is 13.0. The molecule has 5 heteroatoms. The van der Waals surface area contributed by atoms with Gasteiger partial charge >= 0.3 is 0 Å². The highest BCUT2D eigenvalue weighted by atomic mass is 32.2. The van der Waals surface area contributed by atoms with Gasteiger partial charge in [-0.2, -0.15) is 0 Å². The van der Waals surface area contributed by atoms with Crippen molar-refractivity contribution in [2.24, 2.45) is 0 Å². The van der Waals surface area contributed by atoms with E-state index in [9.17, 15) is 13.4 Å². The van der Waals surface area contributed by atoms with Crippen molar-refractivity contribution in [3.05, 3.63) is 59.9 Å². The number of ketones is 1. The summed E-state index contributed by atoms with van der Waals surface area (Å²) in [5.41, 5.74) is 0.229. The van der Waals surface area contributed by atoms with E-state index in [4.69, 9.17) is 4.74 Å². The van der Waals surface area contributed by atoms with E-state index < -0.39 is 16.6 Å². The number of benzene rings is 2. The van der Waals surface area contributed by atoms with Gasteiger partial charge in [-0.3, -0.25) is 9.00 Å². The molecule has 20 heavy (non-hydrogen) atoms.